The van der Waals surface area contributed by atoms with Crippen LogP contribution in [0.2, 0.25) is 5.02 Å². The molecule has 0 unspecified atom stereocenters. The Kier molecular flexibility index (Phi) is 7.41. The fourth-order valence-corrected chi connectivity index (χ4v) is 4.67. The molecule has 0 bridgehead atoms. The molecule has 1 aromatic carbocycles. The minimum Gasteiger partial charge on any atom is -0.497 e. The van der Waals surface area contributed by atoms with Gasteiger partial charge >= 0.3 is 0 Å². The van der Waals surface area contributed by atoms with E-state index in [2.05, 4.69) is 27.0 Å². The van der Waals surface area contributed by atoms with Gasteiger partial charge < -0.3 is 25.7 Å². The molecular weight excluding hydrogens is 442 g/mol. The summed E-state index contributed by atoms with van der Waals surface area (Å²) in [6, 6.07) is 6.72. The van der Waals surface area contributed by atoms with Crippen LogP contribution in [0.3, 0.4) is 0 Å². The van der Waals surface area contributed by atoms with Gasteiger partial charge in [0.1, 0.15) is 11.8 Å². The third-order valence-corrected chi connectivity index (χ3v) is 6.76. The van der Waals surface area contributed by atoms with Crippen LogP contribution >= 0.6 is 11.6 Å². The van der Waals surface area contributed by atoms with E-state index >= 15 is 0 Å². The molecule has 2 heterocycles. The number of ether oxygens (including phenoxy) is 1. The Labute approximate surface area is 198 Å². The zero-order valence-electron chi connectivity index (χ0n) is 18.7. The largest absolute Gasteiger partial charge is 0.497 e. The van der Waals surface area contributed by atoms with Gasteiger partial charge in [-0.05, 0) is 43.7 Å². The maximum atomic E-state index is 13.1. The number of nitrogens with zero attached hydrogens (tertiary/aromatic N) is 1. The number of aromatic amines is 1. The summed E-state index contributed by atoms with van der Waals surface area (Å²) in [6.07, 6.45) is 4.95. The number of carbonyl (C=O) groups excluding carboxylic acids is 2. The number of H-pyrrole nitrogens is 1. The number of methoxy groups -OCH3 is 1. The molecule has 1 saturated carbocycles. The second kappa shape index (κ2) is 10.4. The Morgan fingerprint density at radius 2 is 2.12 bits per heavy atom. The number of carbonyl (C=O) groups is 2. The molecule has 1 aromatic heterocycles. The third-order valence-electron chi connectivity index (χ3n) is 6.46. The molecule has 0 radical (unpaired) electrons. The Morgan fingerprint density at radius 1 is 1.30 bits per heavy atom. The number of aromatic nitrogens is 1. The van der Waals surface area contributed by atoms with Gasteiger partial charge in [0.05, 0.1) is 29.8 Å². The molecule has 2 amide bonds. The highest BCUT2D eigenvalue weighted by atomic mass is 35.5. The van der Waals surface area contributed by atoms with E-state index in [1.165, 1.54) is 0 Å². The van der Waals surface area contributed by atoms with Gasteiger partial charge in [-0.1, -0.05) is 24.4 Å². The molecule has 1 saturated heterocycles. The summed E-state index contributed by atoms with van der Waals surface area (Å²) in [5.41, 5.74) is 1.73. The number of nitrogens with one attached hydrogen (secondary N) is 4. The fourth-order valence-electron chi connectivity index (χ4n) is 4.41. The standard InChI is InChI=1S/C24H30ClN5O3/c1-33-19-10-16-9-18(29-22(16)20(25)11-19)13-28-21(7-14-4-5-14)24(32)30-17(12-26)8-15-3-2-6-27-23(15)31/h9-11,14-15,17,21,28-29H,2-8,13H2,1H3,(H,27,31)(H,30,32)/t15-,17-,21-/m0/s1. The monoisotopic (exact) mass is 471 g/mol. The van der Waals surface area contributed by atoms with E-state index in [1.807, 2.05) is 12.1 Å². The first-order valence-electron chi connectivity index (χ1n) is 11.5. The first kappa shape index (κ1) is 23.4. The van der Waals surface area contributed by atoms with Crippen molar-refractivity contribution in [2.45, 2.75) is 57.2 Å². The lowest BCUT2D eigenvalue weighted by Gasteiger charge is -2.25. The van der Waals surface area contributed by atoms with Crippen LogP contribution in [0.5, 0.6) is 5.75 Å². The van der Waals surface area contributed by atoms with Crippen molar-refractivity contribution in [3.8, 4) is 11.8 Å². The van der Waals surface area contributed by atoms with Crippen molar-refractivity contribution < 1.29 is 14.3 Å². The number of hydrogen-bond donors (Lipinski definition) is 4. The number of rotatable bonds is 10. The molecule has 8 nitrogen and oxygen atoms in total. The van der Waals surface area contributed by atoms with Gasteiger partial charge in [0.2, 0.25) is 11.8 Å². The molecule has 2 fully saturated rings. The van der Waals surface area contributed by atoms with Crippen LogP contribution in [0.25, 0.3) is 10.9 Å². The van der Waals surface area contributed by atoms with Gasteiger partial charge in [0.15, 0.2) is 0 Å². The molecule has 4 rings (SSSR count). The van der Waals surface area contributed by atoms with Gasteiger partial charge in [0.25, 0.3) is 0 Å². The quantitative estimate of drug-likeness (QED) is 0.424. The Bertz CT molecular complexity index is 1060. The molecule has 2 aromatic rings. The molecule has 2 aliphatic rings. The Balaban J connectivity index is 1.39. The van der Waals surface area contributed by atoms with Crippen LogP contribution in [0.1, 0.15) is 44.2 Å². The maximum absolute atomic E-state index is 13.1. The van der Waals surface area contributed by atoms with Crippen molar-refractivity contribution in [3.63, 3.8) is 0 Å². The van der Waals surface area contributed by atoms with E-state index in [4.69, 9.17) is 16.3 Å². The zero-order chi connectivity index (χ0) is 23.4. The van der Waals surface area contributed by atoms with Crippen LogP contribution in [-0.4, -0.2) is 42.5 Å². The van der Waals surface area contributed by atoms with Crippen molar-refractivity contribution in [3.05, 3.63) is 28.9 Å². The van der Waals surface area contributed by atoms with Crippen LogP contribution in [0.4, 0.5) is 0 Å². The van der Waals surface area contributed by atoms with Crippen LogP contribution in [0.15, 0.2) is 18.2 Å². The topological polar surface area (TPSA) is 119 Å². The van der Waals surface area contributed by atoms with Gasteiger partial charge in [-0.25, -0.2) is 0 Å². The molecule has 9 heteroatoms. The average Bonchev–Trinajstić information content (AvgIpc) is 3.53. The summed E-state index contributed by atoms with van der Waals surface area (Å²) < 4.78 is 5.28. The van der Waals surface area contributed by atoms with Gasteiger partial charge in [-0.2, -0.15) is 5.26 Å². The molecule has 33 heavy (non-hydrogen) atoms. The lowest BCUT2D eigenvalue weighted by molar-refractivity contribution is -0.128. The second-order valence-electron chi connectivity index (χ2n) is 9.04. The SMILES string of the molecule is COc1cc(Cl)c2[nH]c(CN[C@@H](CC3CC3)C(=O)N[C@H](C#N)C[C@@H]3CCCNC3=O)cc2c1. The Hall–Kier alpha value is -2.76. The number of piperidine rings is 1. The molecule has 176 valence electrons. The lowest BCUT2D eigenvalue weighted by Crippen LogP contribution is -2.49. The highest BCUT2D eigenvalue weighted by Gasteiger charge is 2.31. The van der Waals surface area contributed by atoms with E-state index in [0.29, 0.717) is 36.2 Å². The molecule has 1 aliphatic carbocycles. The number of amides is 2. The van der Waals surface area contributed by atoms with E-state index in [1.54, 1.807) is 13.2 Å². The predicted octanol–water partition coefficient (Wildman–Crippen LogP) is 3.01. The smallest absolute Gasteiger partial charge is 0.238 e. The number of fused-ring (bicyclic) bond motifs is 1. The minimum atomic E-state index is -0.686. The van der Waals surface area contributed by atoms with E-state index in [-0.39, 0.29) is 17.7 Å². The summed E-state index contributed by atoms with van der Waals surface area (Å²) in [5, 5.41) is 20.2. The zero-order valence-corrected chi connectivity index (χ0v) is 19.5. The maximum Gasteiger partial charge on any atom is 0.238 e. The first-order valence-corrected chi connectivity index (χ1v) is 11.9. The van der Waals surface area contributed by atoms with Crippen LogP contribution in [0, 0.1) is 23.2 Å². The number of benzene rings is 1. The Morgan fingerprint density at radius 3 is 2.82 bits per heavy atom. The average molecular weight is 472 g/mol. The third kappa shape index (κ3) is 5.98. The normalized spacial score (nSPS) is 20.0. The van der Waals surface area contributed by atoms with Crippen molar-refractivity contribution >= 4 is 34.3 Å². The van der Waals surface area contributed by atoms with E-state index in [9.17, 15) is 14.9 Å². The molecule has 4 N–H and O–H groups in total. The van der Waals surface area contributed by atoms with Crippen LogP contribution < -0.4 is 20.7 Å². The van der Waals surface area contributed by atoms with Crippen molar-refractivity contribution in [1.29, 1.82) is 5.26 Å². The fraction of sp³-hybridized carbons (Fsp3) is 0.542. The number of nitriles is 1. The van der Waals surface area contributed by atoms with Crippen molar-refractivity contribution in [2.75, 3.05) is 13.7 Å². The molecule has 1 aliphatic heterocycles. The number of hydrogen-bond acceptors (Lipinski definition) is 5. The van der Waals surface area contributed by atoms with Crippen molar-refractivity contribution in [1.82, 2.24) is 20.9 Å². The van der Waals surface area contributed by atoms with Gasteiger partial charge in [-0.15, -0.1) is 0 Å². The van der Waals surface area contributed by atoms with Gasteiger partial charge in [-0.3, -0.25) is 9.59 Å². The number of halogens is 1. The minimum absolute atomic E-state index is 0.0301. The van der Waals surface area contributed by atoms with E-state index < -0.39 is 12.1 Å². The summed E-state index contributed by atoms with van der Waals surface area (Å²) in [7, 11) is 1.60. The molecule has 3 atom stereocenters. The summed E-state index contributed by atoms with van der Waals surface area (Å²) >= 11 is 6.35. The predicted molar refractivity (Wildman–Crippen MR) is 126 cm³/mol. The lowest BCUT2D eigenvalue weighted by atomic mass is 9.92. The van der Waals surface area contributed by atoms with Crippen LogP contribution in [-0.2, 0) is 16.1 Å². The second-order valence-corrected chi connectivity index (χ2v) is 9.44. The highest BCUT2D eigenvalue weighted by molar-refractivity contribution is 6.35. The molecule has 0 spiro atoms. The first-order chi connectivity index (χ1) is 16.0. The highest BCUT2D eigenvalue weighted by Crippen LogP contribution is 2.34. The summed E-state index contributed by atoms with van der Waals surface area (Å²) in [6.45, 7) is 1.14. The molecular formula is C24H30ClN5O3. The van der Waals surface area contributed by atoms with Crippen molar-refractivity contribution in [2.24, 2.45) is 11.8 Å². The van der Waals surface area contributed by atoms with E-state index in [0.717, 1.165) is 48.7 Å². The summed E-state index contributed by atoms with van der Waals surface area (Å²) in [4.78, 5) is 28.4. The summed E-state index contributed by atoms with van der Waals surface area (Å²) in [5.74, 6) is 0.759. The van der Waals surface area contributed by atoms with Gasteiger partial charge in [0, 0.05) is 36.2 Å².